The lowest BCUT2D eigenvalue weighted by molar-refractivity contribution is -0.156. The summed E-state index contributed by atoms with van der Waals surface area (Å²) >= 11 is 0. The van der Waals surface area contributed by atoms with Crippen LogP contribution in [0.25, 0.3) is 11.6 Å². The van der Waals surface area contributed by atoms with Crippen LogP contribution in [0.1, 0.15) is 43.2 Å². The van der Waals surface area contributed by atoms with Crippen molar-refractivity contribution < 1.29 is 14.6 Å². The molecule has 0 amide bonds. The fourth-order valence-electron chi connectivity index (χ4n) is 2.99. The first-order valence-electron chi connectivity index (χ1n) is 7.56. The number of allylic oxidation sites excluding steroid dienone is 2. The van der Waals surface area contributed by atoms with Gasteiger partial charge >= 0.3 is 5.97 Å². The first-order chi connectivity index (χ1) is 10.2. The summed E-state index contributed by atoms with van der Waals surface area (Å²) in [5.41, 5.74) is 3.80. The number of hydrogen-bond acceptors (Lipinski definition) is 3. The van der Waals surface area contributed by atoms with Gasteiger partial charge in [0.2, 0.25) is 0 Å². The SMILES string of the molecule is O=C1CC(O)CC(/C=C/c2ccccc2C2=CCCC2)O1. The van der Waals surface area contributed by atoms with E-state index in [0.29, 0.717) is 6.42 Å². The van der Waals surface area contributed by atoms with Crippen molar-refractivity contribution in [1.29, 1.82) is 0 Å². The van der Waals surface area contributed by atoms with E-state index in [-0.39, 0.29) is 18.5 Å². The lowest BCUT2D eigenvalue weighted by Gasteiger charge is -2.23. The van der Waals surface area contributed by atoms with Crippen LogP contribution >= 0.6 is 0 Å². The second kappa shape index (κ2) is 6.27. The quantitative estimate of drug-likeness (QED) is 0.866. The molecular formula is C18H20O3. The van der Waals surface area contributed by atoms with E-state index in [9.17, 15) is 9.90 Å². The van der Waals surface area contributed by atoms with E-state index in [1.54, 1.807) is 0 Å². The summed E-state index contributed by atoms with van der Waals surface area (Å²) in [6.07, 6.45) is 9.36. The Bertz CT molecular complexity index is 586. The van der Waals surface area contributed by atoms with Crippen LogP contribution < -0.4 is 0 Å². The van der Waals surface area contributed by atoms with Gasteiger partial charge in [0.05, 0.1) is 12.5 Å². The molecule has 1 aromatic carbocycles. The fraction of sp³-hybridized carbons (Fsp3) is 0.389. The van der Waals surface area contributed by atoms with Crippen molar-refractivity contribution in [3.63, 3.8) is 0 Å². The van der Waals surface area contributed by atoms with Gasteiger partial charge in [-0.25, -0.2) is 0 Å². The van der Waals surface area contributed by atoms with Crippen molar-refractivity contribution in [3.8, 4) is 0 Å². The summed E-state index contributed by atoms with van der Waals surface area (Å²) in [4.78, 5) is 11.3. The number of carbonyl (C=O) groups excluding carboxylic acids is 1. The van der Waals surface area contributed by atoms with Crippen LogP contribution in [0.3, 0.4) is 0 Å². The average molecular weight is 284 g/mol. The predicted molar refractivity (Wildman–Crippen MR) is 82.4 cm³/mol. The molecule has 1 saturated heterocycles. The van der Waals surface area contributed by atoms with Crippen molar-refractivity contribution >= 4 is 17.6 Å². The van der Waals surface area contributed by atoms with Gasteiger partial charge in [0.1, 0.15) is 6.10 Å². The molecule has 0 spiro atoms. The minimum Gasteiger partial charge on any atom is -0.458 e. The topological polar surface area (TPSA) is 46.5 Å². The molecule has 1 heterocycles. The Morgan fingerprint density at radius 1 is 1.29 bits per heavy atom. The number of rotatable bonds is 3. The Kier molecular flexibility index (Phi) is 4.20. The number of aliphatic hydroxyl groups is 1. The Balaban J connectivity index is 1.78. The first kappa shape index (κ1) is 14.1. The number of benzene rings is 1. The summed E-state index contributed by atoms with van der Waals surface area (Å²) in [7, 11) is 0. The van der Waals surface area contributed by atoms with E-state index in [1.807, 2.05) is 18.2 Å². The average Bonchev–Trinajstić information content (AvgIpc) is 2.98. The first-order valence-corrected chi connectivity index (χ1v) is 7.56. The third kappa shape index (κ3) is 3.42. The van der Waals surface area contributed by atoms with E-state index in [0.717, 1.165) is 18.4 Å². The number of aliphatic hydroxyl groups excluding tert-OH is 1. The molecule has 1 aliphatic carbocycles. The van der Waals surface area contributed by atoms with Crippen LogP contribution in [0.5, 0.6) is 0 Å². The van der Waals surface area contributed by atoms with E-state index >= 15 is 0 Å². The summed E-state index contributed by atoms with van der Waals surface area (Å²) in [6.45, 7) is 0. The van der Waals surface area contributed by atoms with Crippen molar-refractivity contribution in [1.82, 2.24) is 0 Å². The van der Waals surface area contributed by atoms with Crippen molar-refractivity contribution in [3.05, 3.63) is 47.5 Å². The smallest absolute Gasteiger partial charge is 0.309 e. The molecule has 1 aromatic rings. The predicted octanol–water partition coefficient (Wildman–Crippen LogP) is 3.33. The van der Waals surface area contributed by atoms with Crippen molar-refractivity contribution in [2.24, 2.45) is 0 Å². The minimum absolute atomic E-state index is 0.105. The van der Waals surface area contributed by atoms with Crippen LogP contribution in [-0.2, 0) is 9.53 Å². The van der Waals surface area contributed by atoms with E-state index < -0.39 is 6.10 Å². The maximum Gasteiger partial charge on any atom is 0.309 e. The molecule has 110 valence electrons. The van der Waals surface area contributed by atoms with Gasteiger partial charge in [0.25, 0.3) is 0 Å². The Morgan fingerprint density at radius 2 is 2.14 bits per heavy atom. The molecule has 2 aliphatic rings. The molecule has 2 atom stereocenters. The maximum absolute atomic E-state index is 11.3. The van der Waals surface area contributed by atoms with Crippen molar-refractivity contribution in [2.45, 2.75) is 44.3 Å². The molecule has 1 fully saturated rings. The molecule has 2 unspecified atom stereocenters. The third-order valence-electron chi connectivity index (χ3n) is 4.03. The number of cyclic esters (lactones) is 1. The molecule has 21 heavy (non-hydrogen) atoms. The largest absolute Gasteiger partial charge is 0.458 e. The standard InChI is InChI=1S/C18H20O3/c19-15-11-16(21-18(20)12-15)10-9-14-7-3-4-8-17(14)13-5-1-2-6-13/h3-5,7-10,15-16,19H,1-2,6,11-12H2/b10-9+. The van der Waals surface area contributed by atoms with Gasteiger partial charge < -0.3 is 9.84 Å². The van der Waals surface area contributed by atoms with E-state index in [1.165, 1.54) is 17.6 Å². The molecule has 0 aromatic heterocycles. The van der Waals surface area contributed by atoms with Gasteiger partial charge in [-0.1, -0.05) is 36.4 Å². The molecule has 0 saturated carbocycles. The lowest BCUT2D eigenvalue weighted by atomic mass is 9.97. The van der Waals surface area contributed by atoms with Crippen LogP contribution in [0.4, 0.5) is 0 Å². The third-order valence-corrected chi connectivity index (χ3v) is 4.03. The Hall–Kier alpha value is -1.87. The molecule has 0 bridgehead atoms. The number of ether oxygens (including phenoxy) is 1. The minimum atomic E-state index is -0.589. The van der Waals surface area contributed by atoms with E-state index in [2.05, 4.69) is 24.3 Å². The van der Waals surface area contributed by atoms with Crippen LogP contribution in [0.2, 0.25) is 0 Å². The molecule has 1 aliphatic heterocycles. The highest BCUT2D eigenvalue weighted by Crippen LogP contribution is 2.30. The highest BCUT2D eigenvalue weighted by atomic mass is 16.5. The molecule has 3 heteroatoms. The molecule has 3 nitrogen and oxygen atoms in total. The molecule has 0 radical (unpaired) electrons. The number of esters is 1. The second-order valence-electron chi connectivity index (χ2n) is 5.69. The Morgan fingerprint density at radius 3 is 2.90 bits per heavy atom. The van der Waals surface area contributed by atoms with Gasteiger partial charge in [0.15, 0.2) is 0 Å². The number of carbonyl (C=O) groups is 1. The normalized spacial score (nSPS) is 26.0. The van der Waals surface area contributed by atoms with Crippen molar-refractivity contribution in [2.75, 3.05) is 0 Å². The lowest BCUT2D eigenvalue weighted by Crippen LogP contribution is -2.31. The van der Waals surface area contributed by atoms with Crippen LogP contribution in [-0.4, -0.2) is 23.3 Å². The van der Waals surface area contributed by atoms with Gasteiger partial charge in [0, 0.05) is 6.42 Å². The summed E-state index contributed by atoms with van der Waals surface area (Å²) < 4.78 is 5.24. The summed E-state index contributed by atoms with van der Waals surface area (Å²) in [5, 5.41) is 9.63. The summed E-state index contributed by atoms with van der Waals surface area (Å²) in [6, 6.07) is 8.28. The fourth-order valence-corrected chi connectivity index (χ4v) is 2.99. The molecule has 3 rings (SSSR count). The zero-order chi connectivity index (χ0) is 14.7. The maximum atomic E-state index is 11.3. The van der Waals surface area contributed by atoms with Gasteiger partial charge in [-0.2, -0.15) is 0 Å². The zero-order valence-corrected chi connectivity index (χ0v) is 12.0. The Labute approximate surface area is 124 Å². The molecule has 1 N–H and O–H groups in total. The van der Waals surface area contributed by atoms with Crippen LogP contribution in [0, 0.1) is 0 Å². The second-order valence-corrected chi connectivity index (χ2v) is 5.69. The van der Waals surface area contributed by atoms with Gasteiger partial charge in [-0.05, 0) is 42.0 Å². The zero-order valence-electron chi connectivity index (χ0n) is 12.0. The van der Waals surface area contributed by atoms with Gasteiger partial charge in [-0.3, -0.25) is 4.79 Å². The summed E-state index contributed by atoms with van der Waals surface area (Å²) in [5.74, 6) is -0.324. The van der Waals surface area contributed by atoms with Gasteiger partial charge in [-0.15, -0.1) is 0 Å². The highest BCUT2D eigenvalue weighted by molar-refractivity contribution is 5.76. The number of hydrogen-bond donors (Lipinski definition) is 1. The highest BCUT2D eigenvalue weighted by Gasteiger charge is 2.25. The van der Waals surface area contributed by atoms with Crippen LogP contribution in [0.15, 0.2) is 36.4 Å². The molecular weight excluding hydrogens is 264 g/mol. The van der Waals surface area contributed by atoms with E-state index in [4.69, 9.17) is 4.74 Å². The monoisotopic (exact) mass is 284 g/mol.